The lowest BCUT2D eigenvalue weighted by atomic mass is 10.0. The maximum absolute atomic E-state index is 14.6. The fraction of sp³-hybridized carbons (Fsp3) is 0.364. The van der Waals surface area contributed by atoms with E-state index in [1.54, 1.807) is 12.1 Å². The molecule has 0 radical (unpaired) electrons. The summed E-state index contributed by atoms with van der Waals surface area (Å²) in [6, 6.07) is 10.0. The molecule has 0 N–H and O–H groups in total. The summed E-state index contributed by atoms with van der Waals surface area (Å²) in [5.41, 5.74) is 2.54. The zero-order valence-electron chi connectivity index (χ0n) is 16.3. The molecule has 1 unspecified atom stereocenters. The quantitative estimate of drug-likeness (QED) is 0.614. The highest BCUT2D eigenvalue weighted by atomic mass is 35.5. The Bertz CT molecular complexity index is 1050. The van der Waals surface area contributed by atoms with Crippen molar-refractivity contribution in [1.82, 2.24) is 15.0 Å². The molecule has 6 nitrogen and oxygen atoms in total. The fourth-order valence-electron chi connectivity index (χ4n) is 4.12. The first-order chi connectivity index (χ1) is 14.7. The smallest absolute Gasteiger partial charge is 0.248 e. The maximum Gasteiger partial charge on any atom is 0.248 e. The third-order valence-corrected chi connectivity index (χ3v) is 5.72. The van der Waals surface area contributed by atoms with Crippen molar-refractivity contribution in [2.75, 3.05) is 32.9 Å². The summed E-state index contributed by atoms with van der Waals surface area (Å²) in [5, 5.41) is 4.83. The molecule has 8 heteroatoms. The number of halogens is 2. The minimum absolute atomic E-state index is 0.296. The van der Waals surface area contributed by atoms with Gasteiger partial charge in [0.05, 0.1) is 19.8 Å². The number of benzene rings is 2. The van der Waals surface area contributed by atoms with Crippen LogP contribution in [0.25, 0.3) is 0 Å². The van der Waals surface area contributed by atoms with Gasteiger partial charge in [-0.3, -0.25) is 4.90 Å². The van der Waals surface area contributed by atoms with E-state index >= 15 is 0 Å². The van der Waals surface area contributed by atoms with Gasteiger partial charge in [0.1, 0.15) is 17.6 Å². The Morgan fingerprint density at radius 3 is 2.80 bits per heavy atom. The Labute approximate surface area is 178 Å². The molecule has 1 aromatic heterocycles. The number of aromatic nitrogens is 2. The lowest BCUT2D eigenvalue weighted by Crippen LogP contribution is -2.40. The predicted octanol–water partition coefficient (Wildman–Crippen LogP) is 3.81. The van der Waals surface area contributed by atoms with Crippen molar-refractivity contribution in [2.24, 2.45) is 0 Å². The van der Waals surface area contributed by atoms with Gasteiger partial charge in [0, 0.05) is 42.1 Å². The van der Waals surface area contributed by atoms with Crippen molar-refractivity contribution < 1.29 is 18.4 Å². The van der Waals surface area contributed by atoms with Gasteiger partial charge in [0.15, 0.2) is 5.82 Å². The molecule has 2 aliphatic rings. The van der Waals surface area contributed by atoms with Crippen LogP contribution < -0.4 is 4.74 Å². The standard InChI is InChI=1S/C22H21ClFN3O3/c23-16-11-14-5-8-29-21(14)15(12-16)13-19-25-22(30-26-19)20(27-6-9-28-10-7-27)17-3-1-2-4-18(17)24/h1-4,11-12,20H,5-10,13H2. The molecular weight excluding hydrogens is 409 g/mol. The second kappa shape index (κ2) is 8.34. The summed E-state index contributed by atoms with van der Waals surface area (Å²) in [6.45, 7) is 3.13. The maximum atomic E-state index is 14.6. The molecule has 0 amide bonds. The molecule has 156 valence electrons. The summed E-state index contributed by atoms with van der Waals surface area (Å²) < 4.78 is 31.5. The number of morpholine rings is 1. The molecule has 1 atom stereocenters. The van der Waals surface area contributed by atoms with Crippen molar-refractivity contribution in [3.05, 3.63) is 75.6 Å². The van der Waals surface area contributed by atoms with Crippen LogP contribution in [0.1, 0.15) is 34.4 Å². The van der Waals surface area contributed by atoms with Crippen LogP contribution in [0.2, 0.25) is 5.02 Å². The largest absolute Gasteiger partial charge is 0.493 e. The van der Waals surface area contributed by atoms with Gasteiger partial charge in [-0.1, -0.05) is 35.0 Å². The molecule has 3 heterocycles. The van der Waals surface area contributed by atoms with Crippen LogP contribution in [0.15, 0.2) is 40.9 Å². The molecule has 0 aliphatic carbocycles. The number of nitrogens with zero attached hydrogens (tertiary/aromatic N) is 3. The Kier molecular flexibility index (Phi) is 5.41. The molecular formula is C22H21ClFN3O3. The average Bonchev–Trinajstić information content (AvgIpc) is 3.40. The topological polar surface area (TPSA) is 60.6 Å². The van der Waals surface area contributed by atoms with E-state index < -0.39 is 6.04 Å². The minimum atomic E-state index is -0.460. The molecule has 5 rings (SSSR count). The molecule has 2 aromatic carbocycles. The van der Waals surface area contributed by atoms with Gasteiger partial charge in [-0.25, -0.2) is 4.39 Å². The van der Waals surface area contributed by atoms with Crippen LogP contribution >= 0.6 is 11.6 Å². The summed E-state index contributed by atoms with van der Waals surface area (Å²) in [6.07, 6.45) is 1.27. The van der Waals surface area contributed by atoms with Gasteiger partial charge in [0.2, 0.25) is 5.89 Å². The SMILES string of the molecule is Fc1ccccc1C(c1nc(Cc2cc(Cl)cc3c2OCC3)no1)N1CCOCC1. The Morgan fingerprint density at radius 1 is 1.13 bits per heavy atom. The van der Waals surface area contributed by atoms with Crippen LogP contribution in [-0.4, -0.2) is 48.0 Å². The van der Waals surface area contributed by atoms with E-state index in [9.17, 15) is 4.39 Å². The number of hydrogen-bond acceptors (Lipinski definition) is 6. The van der Waals surface area contributed by atoms with Gasteiger partial charge in [-0.05, 0) is 23.8 Å². The molecule has 1 fully saturated rings. The van der Waals surface area contributed by atoms with E-state index in [1.807, 2.05) is 18.2 Å². The number of rotatable bonds is 5. The highest BCUT2D eigenvalue weighted by molar-refractivity contribution is 6.30. The lowest BCUT2D eigenvalue weighted by molar-refractivity contribution is 0.0174. The average molecular weight is 430 g/mol. The van der Waals surface area contributed by atoms with Crippen LogP contribution in [0.5, 0.6) is 5.75 Å². The second-order valence-corrected chi connectivity index (χ2v) is 7.89. The first-order valence-electron chi connectivity index (χ1n) is 10.0. The van der Waals surface area contributed by atoms with Gasteiger partial charge >= 0.3 is 0 Å². The van der Waals surface area contributed by atoms with Crippen LogP contribution in [0.3, 0.4) is 0 Å². The van der Waals surface area contributed by atoms with E-state index in [-0.39, 0.29) is 5.82 Å². The molecule has 0 saturated carbocycles. The van der Waals surface area contributed by atoms with E-state index in [2.05, 4.69) is 15.0 Å². The zero-order chi connectivity index (χ0) is 20.5. The van der Waals surface area contributed by atoms with Crippen LogP contribution in [0, 0.1) is 5.82 Å². The molecule has 2 aliphatic heterocycles. The number of ether oxygens (including phenoxy) is 2. The summed E-state index contributed by atoms with van der Waals surface area (Å²) in [4.78, 5) is 6.74. The third kappa shape index (κ3) is 3.80. The summed E-state index contributed by atoms with van der Waals surface area (Å²) in [7, 11) is 0. The van der Waals surface area contributed by atoms with Gasteiger partial charge in [-0.15, -0.1) is 0 Å². The summed E-state index contributed by atoms with van der Waals surface area (Å²) >= 11 is 6.27. The first kappa shape index (κ1) is 19.5. The summed E-state index contributed by atoms with van der Waals surface area (Å²) in [5.74, 6) is 1.44. The van der Waals surface area contributed by atoms with Crippen LogP contribution in [0.4, 0.5) is 4.39 Å². The van der Waals surface area contributed by atoms with E-state index in [4.69, 9.17) is 25.6 Å². The third-order valence-electron chi connectivity index (χ3n) is 5.50. The van der Waals surface area contributed by atoms with Crippen molar-refractivity contribution in [2.45, 2.75) is 18.9 Å². The number of hydrogen-bond donors (Lipinski definition) is 0. The molecule has 1 saturated heterocycles. The zero-order valence-corrected chi connectivity index (χ0v) is 17.1. The highest BCUT2D eigenvalue weighted by Crippen LogP contribution is 2.35. The monoisotopic (exact) mass is 429 g/mol. The molecule has 3 aromatic rings. The number of fused-ring (bicyclic) bond motifs is 1. The molecule has 0 spiro atoms. The predicted molar refractivity (Wildman–Crippen MR) is 108 cm³/mol. The normalized spacial score (nSPS) is 17.5. The van der Waals surface area contributed by atoms with Gasteiger partial charge in [0.25, 0.3) is 0 Å². The van der Waals surface area contributed by atoms with Crippen molar-refractivity contribution in [3.63, 3.8) is 0 Å². The van der Waals surface area contributed by atoms with Crippen molar-refractivity contribution in [3.8, 4) is 5.75 Å². The van der Waals surface area contributed by atoms with Gasteiger partial charge < -0.3 is 14.0 Å². The van der Waals surface area contributed by atoms with E-state index in [0.717, 1.165) is 23.3 Å². The van der Waals surface area contributed by atoms with Crippen LogP contribution in [-0.2, 0) is 17.6 Å². The molecule has 0 bridgehead atoms. The fourth-order valence-corrected chi connectivity index (χ4v) is 4.38. The Hall–Kier alpha value is -2.48. The Balaban J connectivity index is 1.47. The lowest BCUT2D eigenvalue weighted by Gasteiger charge is -2.32. The van der Waals surface area contributed by atoms with E-state index in [1.165, 1.54) is 6.07 Å². The minimum Gasteiger partial charge on any atom is -0.493 e. The second-order valence-electron chi connectivity index (χ2n) is 7.45. The highest BCUT2D eigenvalue weighted by Gasteiger charge is 2.31. The Morgan fingerprint density at radius 2 is 1.97 bits per heavy atom. The van der Waals surface area contributed by atoms with Crippen molar-refractivity contribution >= 4 is 11.6 Å². The first-order valence-corrected chi connectivity index (χ1v) is 10.4. The van der Waals surface area contributed by atoms with E-state index in [0.29, 0.717) is 61.6 Å². The van der Waals surface area contributed by atoms with Crippen molar-refractivity contribution in [1.29, 1.82) is 0 Å². The van der Waals surface area contributed by atoms with Gasteiger partial charge in [-0.2, -0.15) is 4.98 Å². The molecule has 30 heavy (non-hydrogen) atoms.